The van der Waals surface area contributed by atoms with E-state index in [2.05, 4.69) is 0 Å². The fourth-order valence-electron chi connectivity index (χ4n) is 3.78. The molecule has 7 nitrogen and oxygen atoms in total. The molecule has 0 atom stereocenters. The number of rotatable bonds is 7. The SMILES string of the molecule is CC(=O)Oc1cccc(C(=O)N2CCN(C(=O)CCCOc3c(C)cccc3C)CC2)c1. The summed E-state index contributed by atoms with van der Waals surface area (Å²) in [6.45, 7) is 7.80. The molecule has 0 spiro atoms. The van der Waals surface area contributed by atoms with Gasteiger partial charge in [0.25, 0.3) is 5.91 Å². The highest BCUT2D eigenvalue weighted by molar-refractivity contribution is 5.95. The van der Waals surface area contributed by atoms with E-state index in [0.717, 1.165) is 16.9 Å². The van der Waals surface area contributed by atoms with Gasteiger partial charge in [-0.1, -0.05) is 24.3 Å². The zero-order chi connectivity index (χ0) is 23.1. The number of amides is 2. The molecule has 32 heavy (non-hydrogen) atoms. The number of carbonyl (C=O) groups excluding carboxylic acids is 3. The zero-order valence-corrected chi connectivity index (χ0v) is 18.9. The summed E-state index contributed by atoms with van der Waals surface area (Å²) in [5, 5.41) is 0. The van der Waals surface area contributed by atoms with Crippen molar-refractivity contribution < 1.29 is 23.9 Å². The van der Waals surface area contributed by atoms with Crippen LogP contribution in [0.4, 0.5) is 0 Å². The van der Waals surface area contributed by atoms with Crippen molar-refractivity contribution in [1.29, 1.82) is 0 Å². The molecule has 2 amide bonds. The van der Waals surface area contributed by atoms with Crippen molar-refractivity contribution in [3.05, 3.63) is 59.2 Å². The maximum absolute atomic E-state index is 12.8. The van der Waals surface area contributed by atoms with Gasteiger partial charge >= 0.3 is 5.97 Å². The molecule has 0 N–H and O–H groups in total. The van der Waals surface area contributed by atoms with Gasteiger partial charge in [-0.3, -0.25) is 14.4 Å². The number of para-hydroxylation sites is 1. The van der Waals surface area contributed by atoms with Gasteiger partial charge < -0.3 is 19.3 Å². The molecular formula is C25H30N2O5. The van der Waals surface area contributed by atoms with Gasteiger partial charge in [0.15, 0.2) is 0 Å². The van der Waals surface area contributed by atoms with E-state index < -0.39 is 5.97 Å². The summed E-state index contributed by atoms with van der Waals surface area (Å²) in [7, 11) is 0. The first kappa shape index (κ1) is 23.3. The fourth-order valence-corrected chi connectivity index (χ4v) is 3.78. The first-order valence-electron chi connectivity index (χ1n) is 10.9. The van der Waals surface area contributed by atoms with Crippen LogP contribution in [0.25, 0.3) is 0 Å². The topological polar surface area (TPSA) is 76.2 Å². The number of hydrogen-bond acceptors (Lipinski definition) is 5. The van der Waals surface area contributed by atoms with Crippen molar-refractivity contribution in [3.8, 4) is 11.5 Å². The Morgan fingerprint density at radius 2 is 1.53 bits per heavy atom. The molecule has 1 aliphatic rings. The van der Waals surface area contributed by atoms with Crippen molar-refractivity contribution in [1.82, 2.24) is 9.80 Å². The maximum Gasteiger partial charge on any atom is 0.308 e. The van der Waals surface area contributed by atoms with Crippen LogP contribution in [0.1, 0.15) is 41.3 Å². The van der Waals surface area contributed by atoms with Crippen molar-refractivity contribution >= 4 is 17.8 Å². The highest BCUT2D eigenvalue weighted by atomic mass is 16.5. The molecule has 3 rings (SSSR count). The molecule has 1 fully saturated rings. The number of carbonyl (C=O) groups is 3. The van der Waals surface area contributed by atoms with Crippen LogP contribution >= 0.6 is 0 Å². The van der Waals surface area contributed by atoms with Crippen LogP contribution in [0.2, 0.25) is 0 Å². The smallest absolute Gasteiger partial charge is 0.308 e. The molecule has 170 valence electrons. The molecule has 7 heteroatoms. The summed E-state index contributed by atoms with van der Waals surface area (Å²) in [4.78, 5) is 40.0. The molecule has 2 aromatic carbocycles. The first-order valence-corrected chi connectivity index (χ1v) is 10.9. The summed E-state index contributed by atoms with van der Waals surface area (Å²) in [5.41, 5.74) is 2.65. The van der Waals surface area contributed by atoms with Gasteiger partial charge in [0, 0.05) is 45.1 Å². The van der Waals surface area contributed by atoms with E-state index >= 15 is 0 Å². The Labute approximate surface area is 188 Å². The lowest BCUT2D eigenvalue weighted by Gasteiger charge is -2.35. The second-order valence-electron chi connectivity index (χ2n) is 7.97. The molecular weight excluding hydrogens is 408 g/mol. The predicted molar refractivity (Wildman–Crippen MR) is 121 cm³/mol. The number of nitrogens with zero attached hydrogens (tertiary/aromatic N) is 2. The lowest BCUT2D eigenvalue weighted by Crippen LogP contribution is -2.50. The Morgan fingerprint density at radius 3 is 2.19 bits per heavy atom. The molecule has 0 saturated carbocycles. The molecule has 0 bridgehead atoms. The van der Waals surface area contributed by atoms with Crippen molar-refractivity contribution in [2.24, 2.45) is 0 Å². The van der Waals surface area contributed by atoms with Gasteiger partial charge in [-0.25, -0.2) is 0 Å². The molecule has 0 aromatic heterocycles. The summed E-state index contributed by atoms with van der Waals surface area (Å²) < 4.78 is 10.9. The minimum Gasteiger partial charge on any atom is -0.493 e. The minimum absolute atomic E-state index is 0.0825. The van der Waals surface area contributed by atoms with Crippen LogP contribution < -0.4 is 9.47 Å². The lowest BCUT2D eigenvalue weighted by atomic mass is 10.1. The fraction of sp³-hybridized carbons (Fsp3) is 0.400. The standard InChI is InChI=1S/C25H30N2O5/c1-18-7-4-8-19(2)24(18)31-16-6-11-23(29)26-12-14-27(15-13-26)25(30)21-9-5-10-22(17-21)32-20(3)28/h4-5,7-10,17H,6,11-16H2,1-3H3. The van der Waals surface area contributed by atoms with Gasteiger partial charge in [-0.05, 0) is 49.6 Å². The second kappa shape index (κ2) is 10.8. The van der Waals surface area contributed by atoms with Crippen LogP contribution in [0.3, 0.4) is 0 Å². The number of piperazine rings is 1. The summed E-state index contributed by atoms with van der Waals surface area (Å²) >= 11 is 0. The molecule has 1 heterocycles. The van der Waals surface area contributed by atoms with Gasteiger partial charge in [0.1, 0.15) is 11.5 Å². The molecule has 0 aliphatic carbocycles. The molecule has 1 saturated heterocycles. The lowest BCUT2D eigenvalue weighted by molar-refractivity contribution is -0.133. The third-order valence-corrected chi connectivity index (χ3v) is 5.45. The maximum atomic E-state index is 12.8. The van der Waals surface area contributed by atoms with Gasteiger partial charge in [-0.15, -0.1) is 0 Å². The number of aryl methyl sites for hydroxylation is 2. The van der Waals surface area contributed by atoms with E-state index in [9.17, 15) is 14.4 Å². The summed E-state index contributed by atoms with van der Waals surface area (Å²) in [5.74, 6) is 0.762. The van der Waals surface area contributed by atoms with E-state index in [4.69, 9.17) is 9.47 Å². The summed E-state index contributed by atoms with van der Waals surface area (Å²) in [6.07, 6.45) is 1.07. The number of ether oxygens (including phenoxy) is 2. The Hall–Kier alpha value is -3.35. The molecule has 0 radical (unpaired) electrons. The zero-order valence-electron chi connectivity index (χ0n) is 18.9. The van der Waals surface area contributed by atoms with Crippen LogP contribution in [0, 0.1) is 13.8 Å². The van der Waals surface area contributed by atoms with E-state index in [1.54, 1.807) is 34.1 Å². The Balaban J connectivity index is 1.43. The van der Waals surface area contributed by atoms with E-state index in [1.165, 1.54) is 6.92 Å². The van der Waals surface area contributed by atoms with Crippen molar-refractivity contribution in [2.45, 2.75) is 33.6 Å². The van der Waals surface area contributed by atoms with Crippen molar-refractivity contribution in [2.75, 3.05) is 32.8 Å². The minimum atomic E-state index is -0.429. The average molecular weight is 439 g/mol. The monoisotopic (exact) mass is 438 g/mol. The predicted octanol–water partition coefficient (Wildman–Crippen LogP) is 3.37. The van der Waals surface area contributed by atoms with Crippen LogP contribution in [0.5, 0.6) is 11.5 Å². The third kappa shape index (κ3) is 6.09. The van der Waals surface area contributed by atoms with Crippen LogP contribution in [-0.2, 0) is 9.59 Å². The van der Waals surface area contributed by atoms with Gasteiger partial charge in [0.05, 0.1) is 6.61 Å². The van der Waals surface area contributed by atoms with Gasteiger partial charge in [0.2, 0.25) is 5.91 Å². The molecule has 1 aliphatic heterocycles. The Morgan fingerprint density at radius 1 is 0.906 bits per heavy atom. The number of esters is 1. The van der Waals surface area contributed by atoms with Crippen LogP contribution in [0.15, 0.2) is 42.5 Å². The second-order valence-corrected chi connectivity index (χ2v) is 7.97. The number of benzene rings is 2. The highest BCUT2D eigenvalue weighted by Gasteiger charge is 2.25. The normalized spacial score (nSPS) is 13.6. The quantitative estimate of drug-likeness (QED) is 0.376. The highest BCUT2D eigenvalue weighted by Crippen LogP contribution is 2.22. The van der Waals surface area contributed by atoms with E-state index in [-0.39, 0.29) is 11.8 Å². The number of hydrogen-bond donors (Lipinski definition) is 0. The third-order valence-electron chi connectivity index (χ3n) is 5.45. The van der Waals surface area contributed by atoms with Crippen molar-refractivity contribution in [3.63, 3.8) is 0 Å². The molecule has 2 aromatic rings. The van der Waals surface area contributed by atoms with E-state index in [0.29, 0.717) is 56.9 Å². The van der Waals surface area contributed by atoms with E-state index in [1.807, 2.05) is 32.0 Å². The van der Waals surface area contributed by atoms with Gasteiger partial charge in [-0.2, -0.15) is 0 Å². The average Bonchev–Trinajstić information content (AvgIpc) is 2.77. The summed E-state index contributed by atoms with van der Waals surface area (Å²) in [6, 6.07) is 12.6. The Bertz CT molecular complexity index is 960. The van der Waals surface area contributed by atoms with Crippen LogP contribution in [-0.4, -0.2) is 60.4 Å². The molecule has 0 unspecified atom stereocenters. The largest absolute Gasteiger partial charge is 0.493 e. The first-order chi connectivity index (χ1) is 15.3. The Kier molecular flexibility index (Phi) is 7.87.